The summed E-state index contributed by atoms with van der Waals surface area (Å²) in [4.78, 5) is 21.1. The van der Waals surface area contributed by atoms with Crippen molar-refractivity contribution in [1.29, 1.82) is 0 Å². The first kappa shape index (κ1) is 17.3. The zero-order valence-electron chi connectivity index (χ0n) is 14.6. The van der Waals surface area contributed by atoms with Crippen LogP contribution in [-0.4, -0.2) is 30.9 Å². The maximum absolute atomic E-state index is 12.4. The summed E-state index contributed by atoms with van der Waals surface area (Å²) in [6.45, 7) is 2.21. The molecule has 3 heterocycles. The van der Waals surface area contributed by atoms with Crippen LogP contribution in [0.4, 0.5) is 0 Å². The third-order valence-corrected chi connectivity index (χ3v) is 5.12. The van der Waals surface area contributed by atoms with Gasteiger partial charge in [-0.2, -0.15) is 5.10 Å². The number of nitrogens with one attached hydrogen (secondary N) is 1. The predicted molar refractivity (Wildman–Crippen MR) is 103 cm³/mol. The molecule has 3 aromatic heterocycles. The lowest BCUT2D eigenvalue weighted by Crippen LogP contribution is -2.30. The molecule has 0 aliphatic heterocycles. The lowest BCUT2D eigenvalue weighted by atomic mass is 10.3. The van der Waals surface area contributed by atoms with Gasteiger partial charge in [0.1, 0.15) is 17.1 Å². The summed E-state index contributed by atoms with van der Waals surface area (Å²) in [5.74, 6) is 0.632. The number of hydrogen-bond acceptors (Lipinski definition) is 6. The summed E-state index contributed by atoms with van der Waals surface area (Å²) < 4.78 is 7.00. The van der Waals surface area contributed by atoms with E-state index in [2.05, 4.69) is 20.4 Å². The minimum atomic E-state index is -0.321. The number of fused-ring (bicyclic) bond motifs is 1. The number of furan rings is 1. The summed E-state index contributed by atoms with van der Waals surface area (Å²) in [7, 11) is 0. The predicted octanol–water partition coefficient (Wildman–Crippen LogP) is 3.21. The highest BCUT2D eigenvalue weighted by molar-refractivity contribution is 8.00. The lowest BCUT2D eigenvalue weighted by molar-refractivity contribution is -0.120. The molecule has 27 heavy (non-hydrogen) atoms. The summed E-state index contributed by atoms with van der Waals surface area (Å²) in [6.07, 6.45) is 4.82. The number of thioether (sulfide) groups is 1. The van der Waals surface area contributed by atoms with Gasteiger partial charge in [-0.15, -0.1) is 0 Å². The van der Waals surface area contributed by atoms with Gasteiger partial charge >= 0.3 is 0 Å². The number of nitrogens with zero attached hydrogens (tertiary/aromatic N) is 4. The summed E-state index contributed by atoms with van der Waals surface area (Å²) in [6, 6.07) is 13.4. The van der Waals surface area contributed by atoms with Crippen molar-refractivity contribution in [1.82, 2.24) is 25.1 Å². The largest absolute Gasteiger partial charge is 0.467 e. The molecule has 4 rings (SSSR count). The Balaban J connectivity index is 1.52. The Morgan fingerprint density at radius 3 is 2.85 bits per heavy atom. The molecule has 136 valence electrons. The van der Waals surface area contributed by atoms with Crippen LogP contribution in [0.25, 0.3) is 16.7 Å². The van der Waals surface area contributed by atoms with Gasteiger partial charge < -0.3 is 9.73 Å². The van der Waals surface area contributed by atoms with Crippen molar-refractivity contribution >= 4 is 28.7 Å². The van der Waals surface area contributed by atoms with Gasteiger partial charge in [-0.05, 0) is 31.2 Å². The molecule has 1 N–H and O–H groups in total. The molecule has 0 aliphatic carbocycles. The van der Waals surface area contributed by atoms with E-state index in [9.17, 15) is 4.79 Å². The Bertz CT molecular complexity index is 1050. The minimum Gasteiger partial charge on any atom is -0.467 e. The topological polar surface area (TPSA) is 85.8 Å². The van der Waals surface area contributed by atoms with Crippen LogP contribution in [0.3, 0.4) is 0 Å². The molecular formula is C19H17N5O2S. The zero-order valence-corrected chi connectivity index (χ0v) is 15.4. The molecule has 0 aliphatic rings. The third kappa shape index (κ3) is 3.70. The van der Waals surface area contributed by atoms with Crippen LogP contribution in [-0.2, 0) is 11.3 Å². The molecule has 0 bridgehead atoms. The summed E-state index contributed by atoms with van der Waals surface area (Å²) >= 11 is 1.38. The minimum absolute atomic E-state index is 0.0846. The third-order valence-electron chi connectivity index (χ3n) is 4.00. The summed E-state index contributed by atoms with van der Waals surface area (Å²) in [5.41, 5.74) is 1.63. The quantitative estimate of drug-likeness (QED) is 0.409. The molecule has 0 fully saturated rings. The van der Waals surface area contributed by atoms with Crippen molar-refractivity contribution in [3.05, 3.63) is 67.0 Å². The molecule has 7 nitrogen and oxygen atoms in total. The SMILES string of the molecule is C[C@@H](Sc1ncnc2c1cnn2-c1ccccc1)C(=O)NCc1ccco1. The highest BCUT2D eigenvalue weighted by Gasteiger charge is 2.19. The van der Waals surface area contributed by atoms with Gasteiger partial charge in [0, 0.05) is 0 Å². The van der Waals surface area contributed by atoms with Crippen molar-refractivity contribution in [3.8, 4) is 5.69 Å². The van der Waals surface area contributed by atoms with E-state index in [4.69, 9.17) is 4.42 Å². The fourth-order valence-corrected chi connectivity index (χ4v) is 3.53. The Labute approximate surface area is 159 Å². The molecule has 1 amide bonds. The van der Waals surface area contributed by atoms with Crippen LogP contribution in [0, 0.1) is 0 Å². The van der Waals surface area contributed by atoms with E-state index in [0.717, 1.165) is 16.1 Å². The van der Waals surface area contributed by atoms with Gasteiger partial charge in [-0.25, -0.2) is 14.6 Å². The molecule has 0 saturated carbocycles. The second kappa shape index (κ2) is 7.63. The van der Waals surface area contributed by atoms with Gasteiger partial charge in [0.2, 0.25) is 5.91 Å². The number of rotatable bonds is 6. The maximum Gasteiger partial charge on any atom is 0.233 e. The van der Waals surface area contributed by atoms with E-state index < -0.39 is 0 Å². The van der Waals surface area contributed by atoms with Crippen molar-refractivity contribution in [2.75, 3.05) is 0 Å². The van der Waals surface area contributed by atoms with Crippen molar-refractivity contribution in [2.45, 2.75) is 23.7 Å². The van der Waals surface area contributed by atoms with Gasteiger partial charge in [-0.3, -0.25) is 4.79 Å². The van der Waals surface area contributed by atoms with Crippen LogP contribution in [0.1, 0.15) is 12.7 Å². The molecule has 0 radical (unpaired) electrons. The summed E-state index contributed by atoms with van der Waals surface area (Å²) in [5, 5.41) is 8.52. The van der Waals surface area contributed by atoms with Crippen molar-refractivity contribution in [3.63, 3.8) is 0 Å². The maximum atomic E-state index is 12.4. The number of carbonyl (C=O) groups excluding carboxylic acids is 1. The average Bonchev–Trinajstić information content (AvgIpc) is 3.37. The van der Waals surface area contributed by atoms with Crippen molar-refractivity contribution in [2.24, 2.45) is 0 Å². The van der Waals surface area contributed by atoms with E-state index in [1.165, 1.54) is 18.1 Å². The normalized spacial score (nSPS) is 12.2. The molecule has 4 aromatic rings. The first-order valence-electron chi connectivity index (χ1n) is 8.43. The van der Waals surface area contributed by atoms with E-state index in [1.54, 1.807) is 23.2 Å². The molecule has 1 atom stereocenters. The molecule has 0 spiro atoms. The van der Waals surface area contributed by atoms with E-state index >= 15 is 0 Å². The lowest BCUT2D eigenvalue weighted by Gasteiger charge is -2.11. The van der Waals surface area contributed by atoms with Gasteiger partial charge in [0.25, 0.3) is 0 Å². The van der Waals surface area contributed by atoms with Gasteiger partial charge in [-0.1, -0.05) is 30.0 Å². The smallest absolute Gasteiger partial charge is 0.233 e. The monoisotopic (exact) mass is 379 g/mol. The van der Waals surface area contributed by atoms with E-state index in [0.29, 0.717) is 18.0 Å². The number of para-hydroxylation sites is 1. The number of amides is 1. The van der Waals surface area contributed by atoms with Crippen LogP contribution in [0.5, 0.6) is 0 Å². The Morgan fingerprint density at radius 2 is 2.07 bits per heavy atom. The van der Waals surface area contributed by atoms with Crippen LogP contribution in [0.15, 0.2) is 70.7 Å². The highest BCUT2D eigenvalue weighted by atomic mass is 32.2. The van der Waals surface area contributed by atoms with Gasteiger partial charge in [0.05, 0.1) is 35.3 Å². The highest BCUT2D eigenvalue weighted by Crippen LogP contribution is 2.28. The standard InChI is InChI=1S/C19H17N5O2S/c1-13(18(25)20-10-15-8-5-9-26-15)27-19-16-11-23-24(17(16)21-12-22-19)14-6-3-2-4-7-14/h2-9,11-13H,10H2,1H3,(H,20,25)/t13-/m1/s1. The first-order valence-corrected chi connectivity index (χ1v) is 9.31. The second-order valence-corrected chi connectivity index (χ2v) is 7.19. The van der Waals surface area contributed by atoms with E-state index in [-0.39, 0.29) is 11.2 Å². The Hall–Kier alpha value is -3.13. The molecular weight excluding hydrogens is 362 g/mol. The Morgan fingerprint density at radius 1 is 1.22 bits per heavy atom. The molecule has 0 unspecified atom stereocenters. The zero-order chi connectivity index (χ0) is 18.6. The first-order chi connectivity index (χ1) is 13.2. The molecule has 8 heteroatoms. The number of carbonyl (C=O) groups is 1. The van der Waals surface area contributed by atoms with Crippen LogP contribution in [0.2, 0.25) is 0 Å². The fraction of sp³-hybridized carbons (Fsp3) is 0.158. The molecule has 0 saturated heterocycles. The Kier molecular flexibility index (Phi) is 4.88. The number of aromatic nitrogens is 4. The van der Waals surface area contributed by atoms with Crippen LogP contribution >= 0.6 is 11.8 Å². The van der Waals surface area contributed by atoms with Gasteiger partial charge in [0.15, 0.2) is 5.65 Å². The van der Waals surface area contributed by atoms with Crippen LogP contribution < -0.4 is 5.32 Å². The average molecular weight is 379 g/mol. The van der Waals surface area contributed by atoms with Crippen molar-refractivity contribution < 1.29 is 9.21 Å². The number of hydrogen-bond donors (Lipinski definition) is 1. The van der Waals surface area contributed by atoms with E-state index in [1.807, 2.05) is 43.3 Å². The second-order valence-electron chi connectivity index (χ2n) is 5.87. The molecule has 1 aromatic carbocycles. The number of benzene rings is 1. The fourth-order valence-electron chi connectivity index (χ4n) is 2.63.